The van der Waals surface area contributed by atoms with Crippen molar-refractivity contribution in [3.05, 3.63) is 46.7 Å². The minimum Gasteiger partial charge on any atom is -0.481 e. The monoisotopic (exact) mass is 353 g/mol. The fourth-order valence-electron chi connectivity index (χ4n) is 3.19. The molecule has 0 radical (unpaired) electrons. The van der Waals surface area contributed by atoms with Crippen LogP contribution in [0.15, 0.2) is 22.9 Å². The highest BCUT2D eigenvalue weighted by molar-refractivity contribution is 5.96. The lowest BCUT2D eigenvalue weighted by Gasteiger charge is -2.26. The number of hydrogen-bond acceptors (Lipinski definition) is 6. The van der Waals surface area contributed by atoms with E-state index in [1.54, 1.807) is 38.1 Å². The summed E-state index contributed by atoms with van der Waals surface area (Å²) in [4.78, 5) is 26.8. The van der Waals surface area contributed by atoms with E-state index in [0.717, 1.165) is 22.8 Å². The molecule has 3 aromatic heterocycles. The van der Waals surface area contributed by atoms with E-state index in [1.165, 1.54) is 0 Å². The summed E-state index contributed by atoms with van der Waals surface area (Å²) >= 11 is 0. The first-order valence-corrected chi connectivity index (χ1v) is 8.37. The Bertz CT molecular complexity index is 938. The number of carbonyl (C=O) groups is 1. The Balaban J connectivity index is 1.57. The summed E-state index contributed by atoms with van der Waals surface area (Å²) < 4.78 is 10.2. The first kappa shape index (κ1) is 16.3. The van der Waals surface area contributed by atoms with Gasteiger partial charge in [-0.2, -0.15) is 0 Å². The number of carbonyl (C=O) groups excluding carboxylic acids is 1. The van der Waals surface area contributed by atoms with Gasteiger partial charge in [0.2, 0.25) is 5.88 Å². The van der Waals surface area contributed by atoms with Crippen LogP contribution in [0.5, 0.6) is 5.88 Å². The Morgan fingerprint density at radius 2 is 2.19 bits per heavy atom. The number of fused-ring (bicyclic) bond motifs is 1. The molecule has 1 N–H and O–H groups in total. The third kappa shape index (κ3) is 2.73. The minimum atomic E-state index is -0.0610. The fourth-order valence-corrected chi connectivity index (χ4v) is 3.19. The molecule has 0 saturated heterocycles. The molecule has 1 aliphatic rings. The number of methoxy groups -OCH3 is 1. The molecular weight excluding hydrogens is 334 g/mol. The predicted molar refractivity (Wildman–Crippen MR) is 92.8 cm³/mol. The Morgan fingerprint density at radius 3 is 2.85 bits per heavy atom. The van der Waals surface area contributed by atoms with Crippen LogP contribution in [0.3, 0.4) is 0 Å². The van der Waals surface area contributed by atoms with Gasteiger partial charge in [-0.15, -0.1) is 0 Å². The van der Waals surface area contributed by atoms with Crippen molar-refractivity contribution in [2.45, 2.75) is 26.8 Å². The third-order valence-corrected chi connectivity index (χ3v) is 4.59. The van der Waals surface area contributed by atoms with Gasteiger partial charge >= 0.3 is 0 Å². The van der Waals surface area contributed by atoms with Gasteiger partial charge < -0.3 is 19.1 Å². The predicted octanol–water partition coefficient (Wildman–Crippen LogP) is 2.28. The van der Waals surface area contributed by atoms with Gasteiger partial charge in [-0.25, -0.2) is 9.97 Å². The Labute approximate surface area is 150 Å². The molecule has 8 nitrogen and oxygen atoms in total. The summed E-state index contributed by atoms with van der Waals surface area (Å²) in [6.45, 7) is 4.63. The Morgan fingerprint density at radius 1 is 1.35 bits per heavy atom. The molecule has 0 unspecified atom stereocenters. The highest BCUT2D eigenvalue weighted by Crippen LogP contribution is 2.25. The van der Waals surface area contributed by atoms with Gasteiger partial charge in [-0.1, -0.05) is 5.16 Å². The van der Waals surface area contributed by atoms with Crippen LogP contribution < -0.4 is 4.74 Å². The van der Waals surface area contributed by atoms with Crippen LogP contribution in [0, 0.1) is 13.8 Å². The molecule has 4 heterocycles. The number of nitrogens with zero attached hydrogens (tertiary/aromatic N) is 4. The Hall–Kier alpha value is -3.16. The number of aryl methyl sites for hydroxylation is 2. The second-order valence-corrected chi connectivity index (χ2v) is 6.28. The van der Waals surface area contributed by atoms with Crippen LogP contribution in [-0.2, 0) is 13.0 Å². The highest BCUT2D eigenvalue weighted by atomic mass is 16.5. The summed E-state index contributed by atoms with van der Waals surface area (Å²) in [6, 6.07) is 3.70. The van der Waals surface area contributed by atoms with E-state index in [0.29, 0.717) is 42.4 Å². The van der Waals surface area contributed by atoms with Crippen LogP contribution in [0.4, 0.5) is 0 Å². The molecule has 0 bridgehead atoms. The molecule has 0 aliphatic carbocycles. The zero-order valence-electron chi connectivity index (χ0n) is 14.9. The molecule has 134 valence electrons. The van der Waals surface area contributed by atoms with E-state index in [2.05, 4.69) is 20.1 Å². The lowest BCUT2D eigenvalue weighted by Crippen LogP contribution is -2.36. The molecular formula is C18H19N5O3. The topological polar surface area (TPSA) is 97.1 Å². The van der Waals surface area contributed by atoms with Gasteiger partial charge in [0.05, 0.1) is 30.7 Å². The van der Waals surface area contributed by atoms with Crippen molar-refractivity contribution in [2.75, 3.05) is 13.7 Å². The number of H-pyrrole nitrogens is 1. The van der Waals surface area contributed by atoms with Crippen LogP contribution in [0.2, 0.25) is 0 Å². The summed E-state index contributed by atoms with van der Waals surface area (Å²) in [6.07, 6.45) is 2.42. The average molecular weight is 353 g/mol. The number of imidazole rings is 1. The van der Waals surface area contributed by atoms with Crippen LogP contribution in [0.25, 0.3) is 11.4 Å². The van der Waals surface area contributed by atoms with Gasteiger partial charge in [-0.05, 0) is 19.9 Å². The van der Waals surface area contributed by atoms with E-state index in [9.17, 15) is 4.79 Å². The van der Waals surface area contributed by atoms with Crippen molar-refractivity contribution < 1.29 is 14.1 Å². The molecule has 0 atom stereocenters. The van der Waals surface area contributed by atoms with E-state index in [4.69, 9.17) is 9.26 Å². The first-order valence-electron chi connectivity index (χ1n) is 8.37. The second-order valence-electron chi connectivity index (χ2n) is 6.28. The van der Waals surface area contributed by atoms with E-state index >= 15 is 0 Å². The van der Waals surface area contributed by atoms with Crippen molar-refractivity contribution in [1.82, 2.24) is 25.0 Å². The van der Waals surface area contributed by atoms with Crippen LogP contribution in [-0.4, -0.2) is 44.6 Å². The van der Waals surface area contributed by atoms with Gasteiger partial charge in [-0.3, -0.25) is 4.79 Å². The number of rotatable bonds is 3. The van der Waals surface area contributed by atoms with Crippen LogP contribution >= 0.6 is 0 Å². The third-order valence-electron chi connectivity index (χ3n) is 4.59. The van der Waals surface area contributed by atoms with Gasteiger partial charge in [0.1, 0.15) is 17.1 Å². The van der Waals surface area contributed by atoms with E-state index in [-0.39, 0.29) is 5.91 Å². The average Bonchev–Trinajstić information content (AvgIpc) is 3.23. The standard InChI is InChI=1S/C18H19N5O3/c1-10-16(11(2)26-22-10)18(24)23-7-6-13-14(9-23)21-17(20-13)12-4-5-15(25-3)19-8-12/h4-5,8H,6-7,9H2,1-3H3,(H,20,21). The van der Waals surface area contributed by atoms with Crippen molar-refractivity contribution in [3.8, 4) is 17.3 Å². The SMILES string of the molecule is COc1ccc(-c2nc3c([nH]2)CN(C(=O)c2c(C)noc2C)CC3)cn1. The molecule has 0 saturated carbocycles. The number of pyridine rings is 1. The maximum absolute atomic E-state index is 12.8. The number of aromatic amines is 1. The van der Waals surface area contributed by atoms with Crippen molar-refractivity contribution >= 4 is 5.91 Å². The Kier molecular flexibility index (Phi) is 3.95. The molecule has 0 spiro atoms. The fraction of sp³-hybridized carbons (Fsp3) is 0.333. The lowest BCUT2D eigenvalue weighted by molar-refractivity contribution is 0.0729. The quantitative estimate of drug-likeness (QED) is 0.776. The number of aromatic nitrogens is 4. The molecule has 0 fully saturated rings. The maximum atomic E-state index is 12.8. The molecule has 3 aromatic rings. The molecule has 1 aliphatic heterocycles. The first-order chi connectivity index (χ1) is 12.6. The molecule has 1 amide bonds. The summed E-state index contributed by atoms with van der Waals surface area (Å²) in [5, 5.41) is 3.87. The maximum Gasteiger partial charge on any atom is 0.259 e. The lowest BCUT2D eigenvalue weighted by atomic mass is 10.1. The number of ether oxygens (including phenoxy) is 1. The zero-order valence-corrected chi connectivity index (χ0v) is 14.9. The second kappa shape index (κ2) is 6.29. The summed E-state index contributed by atoms with van der Waals surface area (Å²) in [5.74, 6) is 1.79. The smallest absolute Gasteiger partial charge is 0.259 e. The normalized spacial score (nSPS) is 13.6. The van der Waals surface area contributed by atoms with Crippen LogP contribution in [0.1, 0.15) is 33.2 Å². The summed E-state index contributed by atoms with van der Waals surface area (Å²) in [7, 11) is 1.58. The number of amides is 1. The molecule has 26 heavy (non-hydrogen) atoms. The highest BCUT2D eigenvalue weighted by Gasteiger charge is 2.28. The van der Waals surface area contributed by atoms with Crippen molar-refractivity contribution in [1.29, 1.82) is 0 Å². The minimum absolute atomic E-state index is 0.0610. The molecule has 0 aromatic carbocycles. The van der Waals surface area contributed by atoms with Gasteiger partial charge in [0, 0.05) is 30.8 Å². The van der Waals surface area contributed by atoms with E-state index in [1.807, 2.05) is 6.07 Å². The largest absolute Gasteiger partial charge is 0.481 e. The van der Waals surface area contributed by atoms with Crippen molar-refractivity contribution in [3.63, 3.8) is 0 Å². The van der Waals surface area contributed by atoms with Gasteiger partial charge in [0.25, 0.3) is 5.91 Å². The number of hydrogen-bond donors (Lipinski definition) is 1. The van der Waals surface area contributed by atoms with Crippen molar-refractivity contribution in [2.24, 2.45) is 0 Å². The molecule has 8 heteroatoms. The number of nitrogens with one attached hydrogen (secondary N) is 1. The zero-order chi connectivity index (χ0) is 18.3. The molecule has 4 rings (SSSR count). The van der Waals surface area contributed by atoms with Gasteiger partial charge in [0.15, 0.2) is 0 Å². The van der Waals surface area contributed by atoms with E-state index < -0.39 is 0 Å². The summed E-state index contributed by atoms with van der Waals surface area (Å²) in [5.41, 5.74) is 3.98.